The van der Waals surface area contributed by atoms with Crippen LogP contribution in [0.4, 0.5) is 0 Å². The first kappa shape index (κ1) is 18.2. The number of amides is 1. The Morgan fingerprint density at radius 3 is 2.64 bits per heavy atom. The highest BCUT2D eigenvalue weighted by Crippen LogP contribution is 2.21. The van der Waals surface area contributed by atoms with E-state index in [1.807, 2.05) is 19.1 Å². The van der Waals surface area contributed by atoms with Crippen LogP contribution in [-0.4, -0.2) is 49.8 Å². The minimum atomic E-state index is 0.151. The van der Waals surface area contributed by atoms with Crippen molar-refractivity contribution >= 4 is 5.91 Å². The Hall–Kier alpha value is -1.59. The first-order chi connectivity index (χ1) is 12.2. The second-order valence-electron chi connectivity index (χ2n) is 7.01. The Kier molecular flexibility index (Phi) is 6.70. The predicted molar refractivity (Wildman–Crippen MR) is 97.6 cm³/mol. The van der Waals surface area contributed by atoms with E-state index in [1.54, 1.807) is 0 Å². The number of carbonyl (C=O) groups excluding carboxylic acids is 1. The minimum Gasteiger partial charge on any atom is -0.494 e. The highest BCUT2D eigenvalue weighted by atomic mass is 16.5. The van der Waals surface area contributed by atoms with Crippen molar-refractivity contribution in [3.8, 4) is 5.75 Å². The van der Waals surface area contributed by atoms with Crippen molar-refractivity contribution in [2.24, 2.45) is 5.92 Å². The molecule has 3 rings (SSSR count). The van der Waals surface area contributed by atoms with Gasteiger partial charge < -0.3 is 14.8 Å². The molecule has 1 aromatic carbocycles. The molecule has 0 unspecified atom stereocenters. The zero-order valence-corrected chi connectivity index (χ0v) is 15.2. The van der Waals surface area contributed by atoms with Crippen LogP contribution in [0.1, 0.15) is 38.2 Å². The van der Waals surface area contributed by atoms with Crippen molar-refractivity contribution in [3.05, 3.63) is 29.8 Å². The number of benzene rings is 1. The summed E-state index contributed by atoms with van der Waals surface area (Å²) >= 11 is 0. The Morgan fingerprint density at radius 2 is 2.00 bits per heavy atom. The van der Waals surface area contributed by atoms with Gasteiger partial charge in [-0.25, -0.2) is 0 Å². The van der Waals surface area contributed by atoms with Crippen molar-refractivity contribution in [1.29, 1.82) is 0 Å². The molecule has 1 amide bonds. The largest absolute Gasteiger partial charge is 0.494 e. The number of rotatable bonds is 7. The van der Waals surface area contributed by atoms with Crippen molar-refractivity contribution in [1.82, 2.24) is 10.2 Å². The van der Waals surface area contributed by atoms with Gasteiger partial charge >= 0.3 is 0 Å². The number of nitrogens with one attached hydrogen (secondary N) is 1. The zero-order valence-electron chi connectivity index (χ0n) is 15.2. The van der Waals surface area contributed by atoms with Crippen molar-refractivity contribution in [3.63, 3.8) is 0 Å². The highest BCUT2D eigenvalue weighted by molar-refractivity contribution is 5.78. The monoisotopic (exact) mass is 346 g/mol. The summed E-state index contributed by atoms with van der Waals surface area (Å²) in [4.78, 5) is 14.7. The normalized spacial score (nSPS) is 22.0. The van der Waals surface area contributed by atoms with Crippen LogP contribution >= 0.6 is 0 Å². The molecule has 2 fully saturated rings. The lowest BCUT2D eigenvalue weighted by atomic mass is 9.95. The smallest absolute Gasteiger partial charge is 0.223 e. The van der Waals surface area contributed by atoms with Gasteiger partial charge in [-0.05, 0) is 63.4 Å². The van der Waals surface area contributed by atoms with E-state index in [4.69, 9.17) is 9.47 Å². The molecule has 2 heterocycles. The second-order valence-corrected chi connectivity index (χ2v) is 7.01. The van der Waals surface area contributed by atoms with Crippen LogP contribution in [0.5, 0.6) is 5.75 Å². The minimum absolute atomic E-state index is 0.151. The number of nitrogens with zero attached hydrogens (tertiary/aromatic N) is 1. The fourth-order valence-electron chi connectivity index (χ4n) is 3.63. The molecule has 2 saturated heterocycles. The SMILES string of the molecule is CCOc1ccc(CN2CCC(C(=O)NC[C@H]3CCCO3)CC2)cc1. The van der Waals surface area contributed by atoms with Crippen LogP contribution in [0.15, 0.2) is 24.3 Å². The van der Waals surface area contributed by atoms with E-state index in [0.717, 1.165) is 57.7 Å². The van der Waals surface area contributed by atoms with Gasteiger partial charge in [-0.3, -0.25) is 9.69 Å². The van der Waals surface area contributed by atoms with E-state index in [-0.39, 0.29) is 17.9 Å². The van der Waals surface area contributed by atoms with E-state index < -0.39 is 0 Å². The first-order valence-electron chi connectivity index (χ1n) is 9.58. The maximum Gasteiger partial charge on any atom is 0.223 e. The molecule has 25 heavy (non-hydrogen) atoms. The first-order valence-corrected chi connectivity index (χ1v) is 9.58. The van der Waals surface area contributed by atoms with E-state index >= 15 is 0 Å². The summed E-state index contributed by atoms with van der Waals surface area (Å²) in [6, 6.07) is 8.32. The topological polar surface area (TPSA) is 50.8 Å². The van der Waals surface area contributed by atoms with Gasteiger partial charge in [0.2, 0.25) is 5.91 Å². The molecule has 5 heteroatoms. The van der Waals surface area contributed by atoms with E-state index in [1.165, 1.54) is 5.56 Å². The van der Waals surface area contributed by atoms with Gasteiger partial charge in [-0.2, -0.15) is 0 Å². The third-order valence-electron chi connectivity index (χ3n) is 5.13. The van der Waals surface area contributed by atoms with Crippen LogP contribution in [0.2, 0.25) is 0 Å². The summed E-state index contributed by atoms with van der Waals surface area (Å²) in [5.41, 5.74) is 1.30. The summed E-state index contributed by atoms with van der Waals surface area (Å²) < 4.78 is 11.0. The Labute approximate surface area is 150 Å². The zero-order chi connectivity index (χ0) is 17.5. The maximum absolute atomic E-state index is 12.3. The molecule has 0 radical (unpaired) electrons. The molecule has 0 aliphatic carbocycles. The number of carbonyl (C=O) groups is 1. The van der Waals surface area contributed by atoms with Crippen molar-refractivity contribution in [2.75, 3.05) is 32.8 Å². The Balaban J connectivity index is 1.38. The maximum atomic E-state index is 12.3. The molecule has 1 atom stereocenters. The van der Waals surface area contributed by atoms with Crippen LogP contribution in [-0.2, 0) is 16.1 Å². The number of piperidine rings is 1. The summed E-state index contributed by atoms with van der Waals surface area (Å²) in [7, 11) is 0. The molecule has 0 aromatic heterocycles. The fraction of sp³-hybridized carbons (Fsp3) is 0.650. The van der Waals surface area contributed by atoms with Crippen molar-refractivity contribution in [2.45, 2.75) is 45.3 Å². The highest BCUT2D eigenvalue weighted by Gasteiger charge is 2.26. The summed E-state index contributed by atoms with van der Waals surface area (Å²) in [6.45, 7) is 7.10. The van der Waals surface area contributed by atoms with Crippen LogP contribution in [0, 0.1) is 5.92 Å². The summed E-state index contributed by atoms with van der Waals surface area (Å²) in [5, 5.41) is 3.08. The molecule has 2 aliphatic rings. The number of hydrogen-bond donors (Lipinski definition) is 1. The van der Waals surface area contributed by atoms with Gasteiger partial charge in [0.15, 0.2) is 0 Å². The van der Waals surface area contributed by atoms with E-state index in [9.17, 15) is 4.79 Å². The molecular weight excluding hydrogens is 316 g/mol. The van der Waals surface area contributed by atoms with E-state index in [2.05, 4.69) is 22.3 Å². The lowest BCUT2D eigenvalue weighted by molar-refractivity contribution is -0.127. The number of hydrogen-bond acceptors (Lipinski definition) is 4. The third-order valence-corrected chi connectivity index (χ3v) is 5.13. The standard InChI is InChI=1S/C20H30N2O3/c1-2-24-18-7-5-16(6-8-18)15-22-11-9-17(10-12-22)20(23)21-14-19-4-3-13-25-19/h5-8,17,19H,2-4,9-15H2,1H3,(H,21,23)/t19-/m1/s1. The molecule has 2 aliphatic heterocycles. The molecule has 5 nitrogen and oxygen atoms in total. The average molecular weight is 346 g/mol. The average Bonchev–Trinajstić information content (AvgIpc) is 3.16. The third kappa shape index (κ3) is 5.44. The molecule has 1 N–H and O–H groups in total. The van der Waals surface area contributed by atoms with E-state index in [0.29, 0.717) is 13.2 Å². The summed E-state index contributed by atoms with van der Waals surface area (Å²) in [5.74, 6) is 1.28. The van der Waals surface area contributed by atoms with Crippen LogP contribution in [0.3, 0.4) is 0 Å². The fourth-order valence-corrected chi connectivity index (χ4v) is 3.63. The molecule has 1 aromatic rings. The summed E-state index contributed by atoms with van der Waals surface area (Å²) in [6.07, 6.45) is 4.29. The van der Waals surface area contributed by atoms with Gasteiger partial charge in [0, 0.05) is 25.6 Å². The van der Waals surface area contributed by atoms with Gasteiger partial charge in [0.05, 0.1) is 12.7 Å². The lowest BCUT2D eigenvalue weighted by Gasteiger charge is -2.31. The lowest BCUT2D eigenvalue weighted by Crippen LogP contribution is -2.42. The molecule has 138 valence electrons. The van der Waals surface area contributed by atoms with Gasteiger partial charge in [0.1, 0.15) is 5.75 Å². The second kappa shape index (κ2) is 9.20. The van der Waals surface area contributed by atoms with Gasteiger partial charge in [0.25, 0.3) is 0 Å². The number of ether oxygens (including phenoxy) is 2. The Bertz CT molecular complexity index is 532. The van der Waals surface area contributed by atoms with Gasteiger partial charge in [-0.1, -0.05) is 12.1 Å². The quantitative estimate of drug-likeness (QED) is 0.824. The molecule has 0 saturated carbocycles. The molecular formula is C20H30N2O3. The Morgan fingerprint density at radius 1 is 1.24 bits per heavy atom. The molecule has 0 spiro atoms. The number of likely N-dealkylation sites (tertiary alicyclic amines) is 1. The molecule has 0 bridgehead atoms. The van der Waals surface area contributed by atoms with Gasteiger partial charge in [-0.15, -0.1) is 0 Å². The van der Waals surface area contributed by atoms with Crippen LogP contribution in [0.25, 0.3) is 0 Å². The van der Waals surface area contributed by atoms with Crippen LogP contribution < -0.4 is 10.1 Å². The predicted octanol–water partition coefficient (Wildman–Crippen LogP) is 2.59. The van der Waals surface area contributed by atoms with Crippen molar-refractivity contribution < 1.29 is 14.3 Å².